The number of rotatable bonds is 7. The standard InChI is InChI=1S/C16H26N2O/c1-5-12(2)13-8-6-7-9-14(13)19-11-10-16(3,4)15(17)18/h6-9,12H,5,10-11H2,1-4H3,(H3,17,18). The van der Waals surface area contributed by atoms with Gasteiger partial charge >= 0.3 is 0 Å². The second-order valence-electron chi connectivity index (χ2n) is 5.74. The van der Waals surface area contributed by atoms with E-state index in [2.05, 4.69) is 19.9 Å². The van der Waals surface area contributed by atoms with Crippen LogP contribution in [-0.2, 0) is 0 Å². The predicted octanol–water partition coefficient (Wildman–Crippen LogP) is 3.93. The number of ether oxygens (including phenoxy) is 1. The Bertz CT molecular complexity index is 427. The molecule has 0 radical (unpaired) electrons. The van der Waals surface area contributed by atoms with E-state index in [9.17, 15) is 0 Å². The highest BCUT2D eigenvalue weighted by Crippen LogP contribution is 2.29. The Balaban J connectivity index is 2.66. The number of nitrogens with one attached hydrogen (secondary N) is 1. The van der Waals surface area contributed by atoms with Crippen molar-refractivity contribution in [3.05, 3.63) is 29.8 Å². The van der Waals surface area contributed by atoms with Crippen LogP contribution in [0.4, 0.5) is 0 Å². The molecule has 3 heteroatoms. The summed E-state index contributed by atoms with van der Waals surface area (Å²) in [5.41, 5.74) is 6.53. The van der Waals surface area contributed by atoms with E-state index in [0.717, 1.165) is 18.6 Å². The molecule has 1 atom stereocenters. The van der Waals surface area contributed by atoms with Crippen molar-refractivity contribution in [3.63, 3.8) is 0 Å². The minimum atomic E-state index is -0.300. The zero-order valence-electron chi connectivity index (χ0n) is 12.5. The van der Waals surface area contributed by atoms with Gasteiger partial charge in [-0.1, -0.05) is 45.9 Å². The van der Waals surface area contributed by atoms with Crippen LogP contribution in [0.25, 0.3) is 0 Å². The van der Waals surface area contributed by atoms with Gasteiger partial charge in [-0.05, 0) is 30.4 Å². The van der Waals surface area contributed by atoms with Crippen molar-refractivity contribution in [2.75, 3.05) is 6.61 Å². The summed E-state index contributed by atoms with van der Waals surface area (Å²) >= 11 is 0. The molecule has 106 valence electrons. The minimum Gasteiger partial charge on any atom is -0.493 e. The lowest BCUT2D eigenvalue weighted by Gasteiger charge is -2.23. The molecule has 0 saturated heterocycles. The molecule has 3 N–H and O–H groups in total. The number of nitrogens with two attached hydrogens (primary N) is 1. The number of amidine groups is 1. The van der Waals surface area contributed by atoms with Gasteiger partial charge in [0.1, 0.15) is 5.75 Å². The summed E-state index contributed by atoms with van der Waals surface area (Å²) < 4.78 is 5.89. The van der Waals surface area contributed by atoms with E-state index < -0.39 is 0 Å². The van der Waals surface area contributed by atoms with Gasteiger partial charge in [-0.25, -0.2) is 0 Å². The molecule has 0 fully saturated rings. The second kappa shape index (κ2) is 6.60. The first-order valence-corrected chi connectivity index (χ1v) is 6.94. The Morgan fingerprint density at radius 2 is 2.00 bits per heavy atom. The Labute approximate surface area is 116 Å². The summed E-state index contributed by atoms with van der Waals surface area (Å²) in [4.78, 5) is 0. The third-order valence-electron chi connectivity index (χ3n) is 3.78. The van der Waals surface area contributed by atoms with Crippen LogP contribution in [0.5, 0.6) is 5.75 Å². The van der Waals surface area contributed by atoms with Gasteiger partial charge in [-0.2, -0.15) is 0 Å². The lowest BCUT2D eigenvalue weighted by atomic mass is 9.88. The highest BCUT2D eigenvalue weighted by atomic mass is 16.5. The average Bonchev–Trinajstić information content (AvgIpc) is 2.38. The smallest absolute Gasteiger partial charge is 0.122 e. The van der Waals surface area contributed by atoms with Gasteiger partial charge in [0, 0.05) is 5.41 Å². The molecule has 0 aliphatic carbocycles. The van der Waals surface area contributed by atoms with Gasteiger partial charge in [0.2, 0.25) is 0 Å². The molecular formula is C16H26N2O. The number of hydrogen-bond acceptors (Lipinski definition) is 2. The molecule has 1 rings (SSSR count). The van der Waals surface area contributed by atoms with Crippen molar-refractivity contribution >= 4 is 5.84 Å². The van der Waals surface area contributed by atoms with Crippen LogP contribution in [0.3, 0.4) is 0 Å². The number of para-hydroxylation sites is 1. The summed E-state index contributed by atoms with van der Waals surface area (Å²) in [5.74, 6) is 1.67. The molecule has 0 aliphatic heterocycles. The van der Waals surface area contributed by atoms with Gasteiger partial charge in [-0.15, -0.1) is 0 Å². The van der Waals surface area contributed by atoms with Crippen molar-refractivity contribution in [3.8, 4) is 5.75 Å². The van der Waals surface area contributed by atoms with E-state index in [1.807, 2.05) is 32.0 Å². The molecule has 0 amide bonds. The van der Waals surface area contributed by atoms with E-state index >= 15 is 0 Å². The predicted molar refractivity (Wildman–Crippen MR) is 81.0 cm³/mol. The van der Waals surface area contributed by atoms with Gasteiger partial charge in [-0.3, -0.25) is 5.41 Å². The van der Waals surface area contributed by atoms with Crippen LogP contribution >= 0.6 is 0 Å². The van der Waals surface area contributed by atoms with Gasteiger partial charge < -0.3 is 10.5 Å². The summed E-state index contributed by atoms with van der Waals surface area (Å²) in [5, 5.41) is 7.54. The molecule has 0 saturated carbocycles. The Kier molecular flexibility index (Phi) is 5.40. The van der Waals surface area contributed by atoms with Crippen LogP contribution in [0.2, 0.25) is 0 Å². The Hall–Kier alpha value is -1.51. The van der Waals surface area contributed by atoms with Crippen molar-refractivity contribution in [1.29, 1.82) is 5.41 Å². The lowest BCUT2D eigenvalue weighted by molar-refractivity contribution is 0.265. The summed E-state index contributed by atoms with van der Waals surface area (Å²) in [7, 11) is 0. The van der Waals surface area contributed by atoms with Gasteiger partial charge in [0.25, 0.3) is 0 Å². The van der Waals surface area contributed by atoms with Crippen LogP contribution in [0, 0.1) is 10.8 Å². The average molecular weight is 262 g/mol. The molecular weight excluding hydrogens is 236 g/mol. The maximum absolute atomic E-state index is 7.54. The van der Waals surface area contributed by atoms with Crippen molar-refractivity contribution < 1.29 is 4.74 Å². The Morgan fingerprint density at radius 3 is 2.58 bits per heavy atom. The van der Waals surface area contributed by atoms with Crippen LogP contribution in [0.1, 0.15) is 52.0 Å². The highest BCUT2D eigenvalue weighted by Gasteiger charge is 2.21. The fourth-order valence-corrected chi connectivity index (χ4v) is 1.79. The van der Waals surface area contributed by atoms with E-state index in [0.29, 0.717) is 12.5 Å². The van der Waals surface area contributed by atoms with Gasteiger partial charge in [0.15, 0.2) is 0 Å². The monoisotopic (exact) mass is 262 g/mol. The molecule has 3 nitrogen and oxygen atoms in total. The molecule has 0 bridgehead atoms. The quantitative estimate of drug-likeness (QED) is 0.577. The minimum absolute atomic E-state index is 0.214. The molecule has 0 spiro atoms. The number of hydrogen-bond donors (Lipinski definition) is 2. The number of benzene rings is 1. The van der Waals surface area contributed by atoms with E-state index in [4.69, 9.17) is 15.9 Å². The SMILES string of the molecule is CCC(C)c1ccccc1OCCC(C)(C)C(=N)N. The van der Waals surface area contributed by atoms with Crippen LogP contribution in [0.15, 0.2) is 24.3 Å². The first-order chi connectivity index (χ1) is 8.88. The maximum atomic E-state index is 7.54. The maximum Gasteiger partial charge on any atom is 0.122 e. The zero-order chi connectivity index (χ0) is 14.5. The van der Waals surface area contributed by atoms with Crippen LogP contribution in [-0.4, -0.2) is 12.4 Å². The molecule has 1 aromatic carbocycles. The summed E-state index contributed by atoms with van der Waals surface area (Å²) in [6.07, 6.45) is 1.84. The molecule has 0 aromatic heterocycles. The molecule has 0 heterocycles. The van der Waals surface area contributed by atoms with E-state index in [-0.39, 0.29) is 11.3 Å². The Morgan fingerprint density at radius 1 is 1.37 bits per heavy atom. The van der Waals surface area contributed by atoms with E-state index in [1.54, 1.807) is 0 Å². The largest absolute Gasteiger partial charge is 0.493 e. The fraction of sp³-hybridized carbons (Fsp3) is 0.562. The highest BCUT2D eigenvalue weighted by molar-refractivity contribution is 5.82. The van der Waals surface area contributed by atoms with Crippen LogP contribution < -0.4 is 10.5 Å². The third kappa shape index (κ3) is 4.27. The van der Waals surface area contributed by atoms with E-state index in [1.165, 1.54) is 5.56 Å². The molecule has 1 aromatic rings. The van der Waals surface area contributed by atoms with Crippen molar-refractivity contribution in [1.82, 2.24) is 0 Å². The zero-order valence-corrected chi connectivity index (χ0v) is 12.5. The normalized spacial score (nSPS) is 13.1. The summed E-state index contributed by atoms with van der Waals surface area (Å²) in [6.45, 7) is 8.92. The molecule has 1 unspecified atom stereocenters. The van der Waals surface area contributed by atoms with Crippen molar-refractivity contribution in [2.24, 2.45) is 11.1 Å². The summed E-state index contributed by atoms with van der Waals surface area (Å²) in [6, 6.07) is 8.19. The molecule has 0 aliphatic rings. The topological polar surface area (TPSA) is 59.1 Å². The van der Waals surface area contributed by atoms with Gasteiger partial charge in [0.05, 0.1) is 12.4 Å². The fourth-order valence-electron chi connectivity index (χ4n) is 1.79. The first-order valence-electron chi connectivity index (χ1n) is 6.94. The first kappa shape index (κ1) is 15.5. The third-order valence-corrected chi connectivity index (χ3v) is 3.78. The molecule has 19 heavy (non-hydrogen) atoms. The second-order valence-corrected chi connectivity index (χ2v) is 5.74. The van der Waals surface area contributed by atoms with Crippen molar-refractivity contribution in [2.45, 2.75) is 46.5 Å². The lowest BCUT2D eigenvalue weighted by Crippen LogP contribution is -2.32.